The molecule has 0 spiro atoms. The molecule has 5 atom stereocenters. The van der Waals surface area contributed by atoms with Crippen LogP contribution in [0, 0.1) is 18.8 Å². The lowest BCUT2D eigenvalue weighted by atomic mass is 9.89. The molecule has 0 saturated carbocycles. The average Bonchev–Trinajstić information content (AvgIpc) is 3.53. The van der Waals surface area contributed by atoms with Crippen molar-refractivity contribution in [1.29, 1.82) is 0 Å². The van der Waals surface area contributed by atoms with Crippen LogP contribution in [-0.2, 0) is 27.2 Å². The Morgan fingerprint density at radius 3 is 2.32 bits per heavy atom. The summed E-state index contributed by atoms with van der Waals surface area (Å²) in [6.07, 6.45) is 4.76. The van der Waals surface area contributed by atoms with E-state index in [1.807, 2.05) is 33.8 Å². The largest absolute Gasteiger partial charge is 0.495 e. The van der Waals surface area contributed by atoms with Crippen molar-refractivity contribution in [3.8, 4) is 0 Å². The second kappa shape index (κ2) is 12.8. The van der Waals surface area contributed by atoms with Crippen LogP contribution < -0.4 is 16.0 Å². The van der Waals surface area contributed by atoms with E-state index in [0.717, 1.165) is 62.7 Å². The molecule has 0 bridgehead atoms. The zero-order valence-electron chi connectivity index (χ0n) is 26.1. The van der Waals surface area contributed by atoms with Gasteiger partial charge in [0, 0.05) is 60.1 Å². The number of nitrogens with one attached hydrogen (secondary N) is 4. The van der Waals surface area contributed by atoms with E-state index >= 15 is 0 Å². The number of aliphatic hydroxyl groups is 1. The number of carbonyl (C=O) groups is 3. The molecule has 4 aliphatic heterocycles. The number of aromatic amines is 1. The molecule has 0 aromatic carbocycles. The first-order valence-corrected chi connectivity index (χ1v) is 16.5. The molecule has 44 heavy (non-hydrogen) atoms. The van der Waals surface area contributed by atoms with Crippen molar-refractivity contribution >= 4 is 35.7 Å². The number of allylic oxidation sites excluding steroid dienone is 1. The molecule has 5 rings (SSSR count). The normalized spacial score (nSPS) is 29.0. The van der Waals surface area contributed by atoms with E-state index in [4.69, 9.17) is 0 Å². The van der Waals surface area contributed by atoms with Crippen molar-refractivity contribution in [2.24, 2.45) is 11.8 Å². The van der Waals surface area contributed by atoms with Crippen molar-refractivity contribution in [1.82, 2.24) is 20.9 Å². The summed E-state index contributed by atoms with van der Waals surface area (Å²) in [5, 5.41) is 39.5. The van der Waals surface area contributed by atoms with Crippen LogP contribution in [0.4, 0.5) is 0 Å². The molecule has 1 amide bonds. The Morgan fingerprint density at radius 2 is 1.70 bits per heavy atom. The Balaban J connectivity index is 1.46. The van der Waals surface area contributed by atoms with Crippen molar-refractivity contribution < 1.29 is 29.7 Å². The van der Waals surface area contributed by atoms with E-state index in [0.29, 0.717) is 25.7 Å². The zero-order chi connectivity index (χ0) is 31.9. The Bertz CT molecular complexity index is 1500. The van der Waals surface area contributed by atoms with Gasteiger partial charge in [0.2, 0.25) is 5.91 Å². The van der Waals surface area contributed by atoms with E-state index in [1.165, 1.54) is 4.91 Å². The maximum atomic E-state index is 12.6. The molecular formula is C33H44N4O6S. The fourth-order valence-corrected chi connectivity index (χ4v) is 7.88. The van der Waals surface area contributed by atoms with Gasteiger partial charge in [-0.3, -0.25) is 14.4 Å². The van der Waals surface area contributed by atoms with Crippen molar-refractivity contribution in [2.75, 3.05) is 5.75 Å². The minimum atomic E-state index is -0.876. The monoisotopic (exact) mass is 624 g/mol. The molecule has 1 aromatic heterocycles. The third-order valence-corrected chi connectivity index (χ3v) is 10.7. The van der Waals surface area contributed by atoms with E-state index in [-0.39, 0.29) is 54.6 Å². The van der Waals surface area contributed by atoms with Gasteiger partial charge in [-0.15, -0.1) is 11.8 Å². The van der Waals surface area contributed by atoms with Gasteiger partial charge in [0.15, 0.2) is 5.88 Å². The highest BCUT2D eigenvalue weighted by atomic mass is 32.2. The lowest BCUT2D eigenvalue weighted by Crippen LogP contribution is -2.36. The Morgan fingerprint density at radius 1 is 1.02 bits per heavy atom. The molecule has 2 fully saturated rings. The summed E-state index contributed by atoms with van der Waals surface area (Å²) in [5.41, 5.74) is 8.69. The van der Waals surface area contributed by atoms with Gasteiger partial charge < -0.3 is 36.3 Å². The summed E-state index contributed by atoms with van der Waals surface area (Å²) in [5.74, 6) is -0.469. The number of carboxylic acid groups (broad SMARTS) is 2. The quantitative estimate of drug-likeness (QED) is 0.164. The maximum Gasteiger partial charge on any atom is 0.303 e. The van der Waals surface area contributed by atoms with Crippen LogP contribution in [0.1, 0.15) is 82.3 Å². The van der Waals surface area contributed by atoms with Crippen LogP contribution in [-0.4, -0.2) is 62.0 Å². The SMILES string of the molecule is CCC1=C(O)N[C@H](CC2N/C(=C\c3[nH]c(C[C@@H]4NC(=O)C(C)C4=C4CS4)c(C)c3CCC(=O)O)C(CCC(=O)O)=C2C)C1C. The fourth-order valence-electron chi connectivity index (χ4n) is 7.16. The number of thioether (sulfide) groups is 1. The second-order valence-electron chi connectivity index (χ2n) is 12.5. The number of aliphatic carboxylic acids is 2. The lowest BCUT2D eigenvalue weighted by molar-refractivity contribution is -0.138. The van der Waals surface area contributed by atoms with Gasteiger partial charge in [-0.05, 0) is 90.9 Å². The molecule has 11 heteroatoms. The highest BCUT2D eigenvalue weighted by molar-refractivity contribution is 8.11. The standard InChI is InChI=1S/C33H44N4O6S/c1-6-19-15(2)24(36-33(19)43)11-22-16(3)20(7-9-29(38)39)25(34-22)13-26-21(8-10-30(40)41)17(4)23(35-26)12-27-31(28-14-44-28)18(5)32(42)37-27/h13,15,18,22,24,27,34-36,43H,6-12,14H2,1-5H3,(H,37,42)(H,38,39)(H,40,41)/b25-13-,31-28?/t15?,18?,22?,24-,27+/m1/s1. The van der Waals surface area contributed by atoms with Crippen LogP contribution in [0.2, 0.25) is 0 Å². The Labute approximate surface area is 262 Å². The minimum Gasteiger partial charge on any atom is -0.495 e. The molecule has 2 saturated heterocycles. The van der Waals surface area contributed by atoms with E-state index < -0.39 is 11.9 Å². The Hall–Kier alpha value is -3.60. The number of H-pyrrole nitrogens is 1. The highest BCUT2D eigenvalue weighted by Crippen LogP contribution is 2.44. The van der Waals surface area contributed by atoms with E-state index in [1.54, 1.807) is 11.8 Å². The molecule has 3 unspecified atom stereocenters. The summed E-state index contributed by atoms with van der Waals surface area (Å²) in [7, 11) is 0. The van der Waals surface area contributed by atoms with Gasteiger partial charge in [0.1, 0.15) is 0 Å². The molecule has 0 aliphatic carbocycles. The average molecular weight is 625 g/mol. The zero-order valence-corrected chi connectivity index (χ0v) is 26.9. The number of amides is 1. The van der Waals surface area contributed by atoms with Crippen molar-refractivity contribution in [3.63, 3.8) is 0 Å². The number of hydrogen-bond donors (Lipinski definition) is 7. The second-order valence-corrected chi connectivity index (χ2v) is 13.6. The maximum absolute atomic E-state index is 12.6. The summed E-state index contributed by atoms with van der Waals surface area (Å²) in [6.45, 7) is 10.1. The van der Waals surface area contributed by atoms with Crippen LogP contribution >= 0.6 is 11.8 Å². The molecule has 4 aliphatic rings. The summed E-state index contributed by atoms with van der Waals surface area (Å²) in [4.78, 5) is 40.6. The number of hydrogen-bond acceptors (Lipinski definition) is 7. The molecular weight excluding hydrogens is 580 g/mol. The molecule has 0 radical (unpaired) electrons. The van der Waals surface area contributed by atoms with Crippen LogP contribution in [0.5, 0.6) is 0 Å². The van der Waals surface area contributed by atoms with Gasteiger partial charge in [-0.2, -0.15) is 0 Å². The lowest BCUT2D eigenvalue weighted by Gasteiger charge is -2.23. The molecule has 5 heterocycles. The first-order valence-electron chi connectivity index (χ1n) is 15.6. The molecule has 1 aromatic rings. The third kappa shape index (κ3) is 6.43. The first-order chi connectivity index (χ1) is 20.9. The number of carboxylic acids is 2. The van der Waals surface area contributed by atoms with E-state index in [2.05, 4.69) is 27.9 Å². The van der Waals surface area contributed by atoms with E-state index in [9.17, 15) is 29.7 Å². The summed E-state index contributed by atoms with van der Waals surface area (Å²) < 4.78 is 0. The predicted molar refractivity (Wildman–Crippen MR) is 171 cm³/mol. The molecule has 10 nitrogen and oxygen atoms in total. The molecule has 238 valence electrons. The smallest absolute Gasteiger partial charge is 0.303 e. The Kier molecular flexibility index (Phi) is 9.25. The van der Waals surface area contributed by atoms with Crippen LogP contribution in [0.25, 0.3) is 6.08 Å². The van der Waals surface area contributed by atoms with Crippen LogP contribution in [0.15, 0.2) is 38.8 Å². The number of rotatable bonds is 12. The van der Waals surface area contributed by atoms with Gasteiger partial charge in [-0.1, -0.05) is 13.8 Å². The topological polar surface area (TPSA) is 164 Å². The fraction of sp³-hybridized carbons (Fsp3) is 0.545. The summed E-state index contributed by atoms with van der Waals surface area (Å²) >= 11 is 1.78. The minimum absolute atomic E-state index is 0.00524. The molecule has 7 N–H and O–H groups in total. The van der Waals surface area contributed by atoms with Crippen molar-refractivity contribution in [3.05, 3.63) is 61.3 Å². The first kappa shape index (κ1) is 31.8. The third-order valence-electron chi connectivity index (χ3n) is 9.86. The number of carbonyl (C=O) groups excluding carboxylic acids is 1. The van der Waals surface area contributed by atoms with Crippen molar-refractivity contribution in [2.45, 2.75) is 97.7 Å². The van der Waals surface area contributed by atoms with Gasteiger partial charge in [0.05, 0.1) is 12.0 Å². The summed E-state index contributed by atoms with van der Waals surface area (Å²) in [6, 6.07) is -0.110. The van der Waals surface area contributed by atoms with Crippen LogP contribution in [0.3, 0.4) is 0 Å². The van der Waals surface area contributed by atoms with Gasteiger partial charge >= 0.3 is 11.9 Å². The predicted octanol–water partition coefficient (Wildman–Crippen LogP) is 4.69. The number of aromatic nitrogens is 1. The highest BCUT2D eigenvalue weighted by Gasteiger charge is 2.40. The van der Waals surface area contributed by atoms with Gasteiger partial charge in [0.25, 0.3) is 0 Å². The number of aliphatic hydroxyl groups excluding tert-OH is 1. The van der Waals surface area contributed by atoms with Gasteiger partial charge in [-0.25, -0.2) is 0 Å².